The smallest absolute Gasteiger partial charge is 0.272 e. The van der Waals surface area contributed by atoms with Gasteiger partial charge in [0.2, 0.25) is 0 Å². The van der Waals surface area contributed by atoms with Crippen molar-refractivity contribution in [3.63, 3.8) is 0 Å². The monoisotopic (exact) mass is 350 g/mol. The fourth-order valence-electron chi connectivity index (χ4n) is 4.02. The summed E-state index contributed by atoms with van der Waals surface area (Å²) in [4.78, 5) is 23.4. The molecule has 4 rings (SSSR count). The molecule has 0 spiro atoms. The lowest BCUT2D eigenvalue weighted by molar-refractivity contribution is 0.0728. The maximum atomic E-state index is 12.9. The fraction of sp³-hybridized carbons (Fsp3) is 0.476. The minimum Gasteiger partial charge on any atom is -0.367 e. The summed E-state index contributed by atoms with van der Waals surface area (Å²) in [5, 5.41) is 3.51. The van der Waals surface area contributed by atoms with E-state index in [0.717, 1.165) is 18.8 Å². The summed E-state index contributed by atoms with van der Waals surface area (Å²) in [5.74, 6) is 0.762. The van der Waals surface area contributed by atoms with Crippen LogP contribution in [0.4, 0.5) is 5.82 Å². The highest BCUT2D eigenvalue weighted by Crippen LogP contribution is 2.22. The first-order chi connectivity index (χ1) is 12.8. The number of anilines is 1. The third kappa shape index (κ3) is 3.87. The third-order valence-electron chi connectivity index (χ3n) is 5.51. The molecule has 1 fully saturated rings. The molecule has 1 amide bonds. The van der Waals surface area contributed by atoms with Crippen LogP contribution in [0.1, 0.15) is 60.1 Å². The van der Waals surface area contributed by atoms with E-state index in [2.05, 4.69) is 33.5 Å². The molecule has 1 aromatic heterocycles. The number of aromatic nitrogens is 2. The molecule has 2 aromatic rings. The van der Waals surface area contributed by atoms with Crippen molar-refractivity contribution in [2.45, 2.75) is 57.5 Å². The minimum absolute atomic E-state index is 0.00850. The molecule has 2 heterocycles. The van der Waals surface area contributed by atoms with E-state index in [4.69, 9.17) is 0 Å². The molecule has 1 aromatic carbocycles. The first kappa shape index (κ1) is 17.0. The molecule has 26 heavy (non-hydrogen) atoms. The molecule has 1 aliphatic heterocycles. The number of hydrogen-bond donors (Lipinski definition) is 1. The Kier molecular flexibility index (Phi) is 5.14. The van der Waals surface area contributed by atoms with Crippen LogP contribution in [-0.4, -0.2) is 33.4 Å². The van der Waals surface area contributed by atoms with Crippen molar-refractivity contribution in [1.82, 2.24) is 14.9 Å². The van der Waals surface area contributed by atoms with Crippen molar-refractivity contribution in [3.8, 4) is 0 Å². The fourth-order valence-corrected chi connectivity index (χ4v) is 4.02. The minimum atomic E-state index is -0.00850. The van der Waals surface area contributed by atoms with Gasteiger partial charge in [0.15, 0.2) is 0 Å². The Morgan fingerprint density at radius 3 is 2.62 bits per heavy atom. The SMILES string of the molecule is O=C(c1cc(NC2CCCCCC2)ncn1)N1CCc2ccccc2C1. The van der Waals surface area contributed by atoms with E-state index < -0.39 is 0 Å². The van der Waals surface area contributed by atoms with Crippen LogP contribution in [0.15, 0.2) is 36.7 Å². The summed E-state index contributed by atoms with van der Waals surface area (Å²) in [5.41, 5.74) is 3.06. The average molecular weight is 350 g/mol. The predicted octanol–water partition coefficient (Wildman–Crippen LogP) is 3.81. The highest BCUT2D eigenvalue weighted by Gasteiger charge is 2.23. The van der Waals surface area contributed by atoms with E-state index in [1.54, 1.807) is 0 Å². The van der Waals surface area contributed by atoms with Gasteiger partial charge in [0.25, 0.3) is 5.91 Å². The number of carbonyl (C=O) groups is 1. The summed E-state index contributed by atoms with van der Waals surface area (Å²) in [6, 6.07) is 10.6. The van der Waals surface area contributed by atoms with E-state index in [-0.39, 0.29) is 5.91 Å². The van der Waals surface area contributed by atoms with Crippen molar-refractivity contribution in [2.75, 3.05) is 11.9 Å². The third-order valence-corrected chi connectivity index (χ3v) is 5.51. The Balaban J connectivity index is 1.45. The second-order valence-electron chi connectivity index (χ2n) is 7.37. The van der Waals surface area contributed by atoms with Gasteiger partial charge in [-0.25, -0.2) is 9.97 Å². The van der Waals surface area contributed by atoms with Gasteiger partial charge in [-0.05, 0) is 30.4 Å². The van der Waals surface area contributed by atoms with E-state index in [1.165, 1.54) is 56.0 Å². The Hall–Kier alpha value is -2.43. The zero-order valence-electron chi connectivity index (χ0n) is 15.2. The van der Waals surface area contributed by atoms with Gasteiger partial charge in [-0.3, -0.25) is 4.79 Å². The van der Waals surface area contributed by atoms with E-state index in [9.17, 15) is 4.79 Å². The summed E-state index contributed by atoms with van der Waals surface area (Å²) in [6.45, 7) is 1.40. The molecule has 0 saturated heterocycles. The highest BCUT2D eigenvalue weighted by atomic mass is 16.2. The van der Waals surface area contributed by atoms with Gasteiger partial charge < -0.3 is 10.2 Å². The number of fused-ring (bicyclic) bond motifs is 1. The molecule has 1 saturated carbocycles. The molecule has 1 aliphatic carbocycles. The average Bonchev–Trinajstić information content (AvgIpc) is 2.96. The van der Waals surface area contributed by atoms with Gasteiger partial charge in [0.1, 0.15) is 17.8 Å². The molecule has 0 atom stereocenters. The maximum absolute atomic E-state index is 12.9. The van der Waals surface area contributed by atoms with Crippen molar-refractivity contribution in [1.29, 1.82) is 0 Å². The van der Waals surface area contributed by atoms with Gasteiger partial charge in [0.05, 0.1) is 0 Å². The van der Waals surface area contributed by atoms with E-state index in [0.29, 0.717) is 18.3 Å². The summed E-state index contributed by atoms with van der Waals surface area (Å²) < 4.78 is 0. The number of hydrogen-bond acceptors (Lipinski definition) is 4. The Morgan fingerprint density at radius 1 is 1.04 bits per heavy atom. The van der Waals surface area contributed by atoms with Crippen LogP contribution in [0.25, 0.3) is 0 Å². The van der Waals surface area contributed by atoms with E-state index in [1.807, 2.05) is 17.0 Å². The molecule has 5 heteroatoms. The number of amides is 1. The second kappa shape index (κ2) is 7.85. The van der Waals surface area contributed by atoms with E-state index >= 15 is 0 Å². The quantitative estimate of drug-likeness (QED) is 0.855. The van der Waals surface area contributed by atoms with Crippen molar-refractivity contribution in [2.24, 2.45) is 0 Å². The number of carbonyl (C=O) groups excluding carboxylic acids is 1. The zero-order chi connectivity index (χ0) is 17.8. The molecular formula is C21H26N4O. The predicted molar refractivity (Wildman–Crippen MR) is 102 cm³/mol. The summed E-state index contributed by atoms with van der Waals surface area (Å²) in [7, 11) is 0. The number of nitrogens with one attached hydrogen (secondary N) is 1. The molecule has 1 N–H and O–H groups in total. The van der Waals surface area contributed by atoms with Crippen molar-refractivity contribution >= 4 is 11.7 Å². The van der Waals surface area contributed by atoms with Crippen LogP contribution in [-0.2, 0) is 13.0 Å². The van der Waals surface area contributed by atoms with Crippen molar-refractivity contribution in [3.05, 3.63) is 53.5 Å². The first-order valence-corrected chi connectivity index (χ1v) is 9.74. The summed E-state index contributed by atoms with van der Waals surface area (Å²) >= 11 is 0. The van der Waals surface area contributed by atoms with Gasteiger partial charge >= 0.3 is 0 Å². The van der Waals surface area contributed by atoms with Crippen LogP contribution in [0.2, 0.25) is 0 Å². The van der Waals surface area contributed by atoms with Crippen LogP contribution in [0, 0.1) is 0 Å². The Morgan fingerprint density at radius 2 is 1.81 bits per heavy atom. The molecule has 136 valence electrons. The van der Waals surface area contributed by atoms with Gasteiger partial charge in [-0.1, -0.05) is 49.9 Å². The standard InChI is InChI=1S/C21H26N4O/c26-21(25-12-11-16-7-5-6-8-17(16)14-25)19-13-20(23-15-22-19)24-18-9-3-1-2-4-10-18/h5-8,13,15,18H,1-4,9-12,14H2,(H,22,23,24). The number of nitrogens with zero attached hydrogens (tertiary/aromatic N) is 3. The Labute approximate surface area is 154 Å². The molecule has 0 unspecified atom stereocenters. The normalized spacial score (nSPS) is 18.1. The molecule has 0 radical (unpaired) electrons. The molecular weight excluding hydrogens is 324 g/mol. The van der Waals surface area contributed by atoms with Crippen LogP contribution < -0.4 is 5.32 Å². The number of benzene rings is 1. The zero-order valence-corrected chi connectivity index (χ0v) is 15.2. The van der Waals surface area contributed by atoms with Crippen LogP contribution in [0.5, 0.6) is 0 Å². The largest absolute Gasteiger partial charge is 0.367 e. The molecule has 2 aliphatic rings. The van der Waals surface area contributed by atoms with Crippen LogP contribution >= 0.6 is 0 Å². The molecule has 5 nitrogen and oxygen atoms in total. The summed E-state index contributed by atoms with van der Waals surface area (Å²) in [6.07, 6.45) is 9.93. The lowest BCUT2D eigenvalue weighted by atomic mass is 10.00. The lowest BCUT2D eigenvalue weighted by Gasteiger charge is -2.28. The topological polar surface area (TPSA) is 58.1 Å². The van der Waals surface area contributed by atoms with Gasteiger partial charge in [-0.15, -0.1) is 0 Å². The lowest BCUT2D eigenvalue weighted by Crippen LogP contribution is -2.36. The Bertz CT molecular complexity index is 768. The first-order valence-electron chi connectivity index (χ1n) is 9.74. The van der Waals surface area contributed by atoms with Crippen LogP contribution in [0.3, 0.4) is 0 Å². The maximum Gasteiger partial charge on any atom is 0.272 e. The number of rotatable bonds is 3. The molecule has 0 bridgehead atoms. The van der Waals surface area contributed by atoms with Crippen molar-refractivity contribution < 1.29 is 4.79 Å². The van der Waals surface area contributed by atoms with Gasteiger partial charge in [-0.2, -0.15) is 0 Å². The van der Waals surface area contributed by atoms with Gasteiger partial charge in [0, 0.05) is 25.2 Å². The highest BCUT2D eigenvalue weighted by molar-refractivity contribution is 5.93. The second-order valence-corrected chi connectivity index (χ2v) is 7.37.